The molecule has 0 saturated heterocycles. The first-order chi connectivity index (χ1) is 16.5. The molecule has 0 aliphatic rings. The number of aromatic nitrogens is 4. The van der Waals surface area contributed by atoms with E-state index >= 15 is 0 Å². The number of sulfonamides is 1. The van der Waals surface area contributed by atoms with Crippen molar-refractivity contribution >= 4 is 21.1 Å². The fourth-order valence-corrected chi connectivity index (χ4v) is 5.55. The van der Waals surface area contributed by atoms with Crippen LogP contribution in [0, 0.1) is 0 Å². The summed E-state index contributed by atoms with van der Waals surface area (Å²) in [5.41, 5.74) is 1.36. The molecule has 35 heavy (non-hydrogen) atoms. The number of nitrogens with zero attached hydrogens (tertiary/aromatic N) is 4. The summed E-state index contributed by atoms with van der Waals surface area (Å²) in [7, 11) is -2.42. The van der Waals surface area contributed by atoms with Gasteiger partial charge in [0.15, 0.2) is 5.52 Å². The maximum absolute atomic E-state index is 13.4. The molecule has 11 nitrogen and oxygen atoms in total. The number of rotatable bonds is 11. The summed E-state index contributed by atoms with van der Waals surface area (Å²) in [6, 6.07) is 4.29. The third-order valence-electron chi connectivity index (χ3n) is 5.33. The number of aromatic amines is 1. The maximum Gasteiger partial charge on any atom is 0.277 e. The molecule has 3 N–H and O–H groups in total. The minimum atomic E-state index is -4.10. The van der Waals surface area contributed by atoms with Crippen molar-refractivity contribution in [2.24, 2.45) is 7.05 Å². The Kier molecular flexibility index (Phi) is 8.31. The van der Waals surface area contributed by atoms with Crippen LogP contribution >= 0.6 is 0 Å². The van der Waals surface area contributed by atoms with E-state index in [2.05, 4.69) is 15.1 Å². The second-order valence-electron chi connectivity index (χ2n) is 8.54. The Morgan fingerprint density at radius 1 is 1.17 bits per heavy atom. The highest BCUT2D eigenvalue weighted by molar-refractivity contribution is 7.89. The number of aliphatic hydroxyl groups excluding tert-OH is 2. The van der Waals surface area contributed by atoms with Crippen LogP contribution in [0.2, 0.25) is 0 Å². The van der Waals surface area contributed by atoms with E-state index in [1.165, 1.54) is 36.7 Å². The Morgan fingerprint density at radius 3 is 2.40 bits per heavy atom. The standard InChI is InChI=1S/C23H33N5O6S/c1-6-8-18-20-21(27(5)26-18)23(31)25-22(24-20)17-11-16(9-10-19(17)34-7-2)35(32,33)28(12-14(3)29)13-15(4)30/h9-11,14-15,29-30H,6-8,12-13H2,1-5H3,(H,24,25,31). The number of ether oxygens (including phenoxy) is 1. The number of hydrogen-bond acceptors (Lipinski definition) is 8. The van der Waals surface area contributed by atoms with Gasteiger partial charge in [-0.2, -0.15) is 9.40 Å². The molecule has 0 bridgehead atoms. The Morgan fingerprint density at radius 2 is 1.83 bits per heavy atom. The van der Waals surface area contributed by atoms with E-state index in [4.69, 9.17) is 4.74 Å². The Labute approximate surface area is 204 Å². The number of nitrogens with one attached hydrogen (secondary N) is 1. The zero-order chi connectivity index (χ0) is 25.9. The van der Waals surface area contributed by atoms with Crippen molar-refractivity contribution < 1.29 is 23.4 Å². The molecule has 0 saturated carbocycles. The molecular formula is C23H33N5O6S. The van der Waals surface area contributed by atoms with Gasteiger partial charge in [0.1, 0.15) is 17.1 Å². The highest BCUT2D eigenvalue weighted by Gasteiger charge is 2.28. The van der Waals surface area contributed by atoms with Crippen LogP contribution in [0.15, 0.2) is 27.9 Å². The van der Waals surface area contributed by atoms with E-state index in [9.17, 15) is 23.4 Å². The normalized spacial score (nSPS) is 13.9. The average Bonchev–Trinajstić information content (AvgIpc) is 3.09. The lowest BCUT2D eigenvalue weighted by Gasteiger charge is -2.25. The van der Waals surface area contributed by atoms with Crippen molar-refractivity contribution in [1.29, 1.82) is 0 Å². The van der Waals surface area contributed by atoms with Gasteiger partial charge in [-0.3, -0.25) is 9.48 Å². The van der Waals surface area contributed by atoms with Gasteiger partial charge in [0.05, 0.1) is 35.0 Å². The van der Waals surface area contributed by atoms with Crippen molar-refractivity contribution in [2.75, 3.05) is 19.7 Å². The van der Waals surface area contributed by atoms with Crippen molar-refractivity contribution in [3.05, 3.63) is 34.2 Å². The van der Waals surface area contributed by atoms with Crippen LogP contribution < -0.4 is 10.3 Å². The van der Waals surface area contributed by atoms with Crippen molar-refractivity contribution in [2.45, 2.75) is 57.6 Å². The van der Waals surface area contributed by atoms with E-state index in [-0.39, 0.29) is 23.8 Å². The SMILES string of the molecule is CCCc1nn(C)c2c(=O)[nH]c(-c3cc(S(=O)(=O)N(CC(C)O)CC(C)O)ccc3OCC)nc12. The highest BCUT2D eigenvalue weighted by Crippen LogP contribution is 2.32. The number of aryl methyl sites for hydroxylation is 2. The second kappa shape index (κ2) is 10.9. The van der Waals surface area contributed by atoms with Gasteiger partial charge in [-0.25, -0.2) is 13.4 Å². The van der Waals surface area contributed by atoms with Gasteiger partial charge < -0.3 is 19.9 Å². The Bertz CT molecular complexity index is 1340. The summed E-state index contributed by atoms with van der Waals surface area (Å²) >= 11 is 0. The van der Waals surface area contributed by atoms with E-state index < -0.39 is 27.8 Å². The van der Waals surface area contributed by atoms with Crippen molar-refractivity contribution in [1.82, 2.24) is 24.1 Å². The number of aliphatic hydroxyl groups is 2. The molecule has 192 valence electrons. The molecule has 2 atom stereocenters. The lowest BCUT2D eigenvalue weighted by atomic mass is 10.1. The second-order valence-corrected chi connectivity index (χ2v) is 10.5. The van der Waals surface area contributed by atoms with Gasteiger partial charge in [-0.15, -0.1) is 0 Å². The van der Waals surface area contributed by atoms with Crippen LogP contribution in [0.1, 0.15) is 39.8 Å². The van der Waals surface area contributed by atoms with E-state index in [0.29, 0.717) is 41.1 Å². The van der Waals surface area contributed by atoms with Crippen LogP contribution in [-0.2, 0) is 23.5 Å². The van der Waals surface area contributed by atoms with Gasteiger partial charge in [-0.05, 0) is 45.4 Å². The van der Waals surface area contributed by atoms with Crippen molar-refractivity contribution in [3.63, 3.8) is 0 Å². The van der Waals surface area contributed by atoms with Gasteiger partial charge in [-0.1, -0.05) is 13.3 Å². The zero-order valence-corrected chi connectivity index (χ0v) is 21.5. The molecule has 12 heteroatoms. The predicted octanol–water partition coefficient (Wildman–Crippen LogP) is 1.43. The molecule has 2 aromatic heterocycles. The van der Waals surface area contributed by atoms with E-state index in [1.807, 2.05) is 6.92 Å². The van der Waals surface area contributed by atoms with E-state index in [1.54, 1.807) is 14.0 Å². The fourth-order valence-electron chi connectivity index (χ4n) is 3.92. The molecule has 0 aliphatic carbocycles. The lowest BCUT2D eigenvalue weighted by molar-refractivity contribution is 0.125. The summed E-state index contributed by atoms with van der Waals surface area (Å²) in [5.74, 6) is 0.512. The first-order valence-corrected chi connectivity index (χ1v) is 13.0. The topological polar surface area (TPSA) is 151 Å². The minimum absolute atomic E-state index is 0.0834. The lowest BCUT2D eigenvalue weighted by Crippen LogP contribution is -2.40. The fraction of sp³-hybridized carbons (Fsp3) is 0.522. The van der Waals surface area contributed by atoms with Gasteiger partial charge in [0, 0.05) is 20.1 Å². The minimum Gasteiger partial charge on any atom is -0.493 e. The quantitative estimate of drug-likeness (QED) is 0.353. The maximum atomic E-state index is 13.4. The Balaban J connectivity index is 2.21. The molecule has 0 aliphatic heterocycles. The van der Waals surface area contributed by atoms with E-state index in [0.717, 1.165) is 10.7 Å². The third kappa shape index (κ3) is 5.72. The molecule has 0 spiro atoms. The van der Waals surface area contributed by atoms with Crippen LogP contribution in [0.3, 0.4) is 0 Å². The predicted molar refractivity (Wildman–Crippen MR) is 132 cm³/mol. The summed E-state index contributed by atoms with van der Waals surface area (Å²) in [5, 5.41) is 24.1. The van der Waals surface area contributed by atoms with Gasteiger partial charge in [0.25, 0.3) is 5.56 Å². The molecule has 2 heterocycles. The molecule has 3 aromatic rings. The molecule has 0 radical (unpaired) electrons. The van der Waals surface area contributed by atoms with Crippen LogP contribution in [-0.4, -0.2) is 74.6 Å². The number of benzene rings is 1. The molecule has 3 rings (SSSR count). The number of fused-ring (bicyclic) bond motifs is 1. The summed E-state index contributed by atoms with van der Waals surface area (Å²) in [6.45, 7) is 6.68. The Hall–Kier alpha value is -2.80. The molecule has 0 fully saturated rings. The van der Waals surface area contributed by atoms with Gasteiger partial charge >= 0.3 is 0 Å². The zero-order valence-electron chi connectivity index (χ0n) is 20.6. The van der Waals surface area contributed by atoms with Crippen LogP contribution in [0.25, 0.3) is 22.4 Å². The smallest absolute Gasteiger partial charge is 0.277 e. The van der Waals surface area contributed by atoms with Crippen molar-refractivity contribution in [3.8, 4) is 17.1 Å². The summed E-state index contributed by atoms with van der Waals surface area (Å²) in [4.78, 5) is 20.2. The number of H-pyrrole nitrogens is 1. The highest BCUT2D eigenvalue weighted by atomic mass is 32.2. The third-order valence-corrected chi connectivity index (χ3v) is 7.16. The first-order valence-electron chi connectivity index (χ1n) is 11.6. The van der Waals surface area contributed by atoms with Gasteiger partial charge in [0.2, 0.25) is 10.0 Å². The first kappa shape index (κ1) is 26.8. The molecule has 1 aromatic carbocycles. The summed E-state index contributed by atoms with van der Waals surface area (Å²) in [6.07, 6.45) is -0.425. The van der Waals surface area contributed by atoms with Crippen LogP contribution in [0.5, 0.6) is 5.75 Å². The number of hydrogen-bond donors (Lipinski definition) is 3. The monoisotopic (exact) mass is 507 g/mol. The largest absolute Gasteiger partial charge is 0.493 e. The molecule has 2 unspecified atom stereocenters. The molecule has 0 amide bonds. The summed E-state index contributed by atoms with van der Waals surface area (Å²) < 4.78 is 35.1. The van der Waals surface area contributed by atoms with Crippen LogP contribution in [0.4, 0.5) is 0 Å². The molecular weight excluding hydrogens is 474 g/mol. The average molecular weight is 508 g/mol.